The fraction of sp³-hybridized carbons (Fsp3) is 0.0667. The Morgan fingerprint density at radius 3 is 2.48 bits per heavy atom. The quantitative estimate of drug-likeness (QED) is 0.763. The van der Waals surface area contributed by atoms with Gasteiger partial charge in [-0.2, -0.15) is 5.26 Å². The summed E-state index contributed by atoms with van der Waals surface area (Å²) in [4.78, 5) is 12.3. The largest absolute Gasteiger partial charge is 0.292 e. The number of halogens is 4. The van der Waals surface area contributed by atoms with Crippen molar-refractivity contribution in [1.82, 2.24) is 0 Å². The van der Waals surface area contributed by atoms with Crippen molar-refractivity contribution < 1.29 is 13.6 Å². The van der Waals surface area contributed by atoms with E-state index < -0.39 is 23.3 Å². The molecule has 2 nitrogen and oxygen atoms in total. The number of rotatable bonds is 3. The summed E-state index contributed by atoms with van der Waals surface area (Å²) in [5, 5.41) is 8.81. The van der Waals surface area contributed by atoms with E-state index in [-0.39, 0.29) is 21.2 Å². The van der Waals surface area contributed by atoms with E-state index >= 15 is 0 Å². The van der Waals surface area contributed by atoms with Gasteiger partial charge in [-0.1, -0.05) is 35.3 Å². The molecule has 2 rings (SSSR count). The molecule has 2 aromatic carbocycles. The minimum atomic E-state index is -1.41. The van der Waals surface area contributed by atoms with Crippen LogP contribution >= 0.6 is 23.2 Å². The van der Waals surface area contributed by atoms with E-state index in [1.807, 2.05) is 0 Å². The molecule has 0 spiro atoms. The molecule has 0 aliphatic carbocycles. The Balaban J connectivity index is 2.46. The molecular formula is C15H7Cl2F2NO. The molecular weight excluding hydrogens is 319 g/mol. The van der Waals surface area contributed by atoms with Crippen LogP contribution in [0.5, 0.6) is 0 Å². The zero-order valence-corrected chi connectivity index (χ0v) is 11.9. The van der Waals surface area contributed by atoms with Crippen LogP contribution in [0.3, 0.4) is 0 Å². The summed E-state index contributed by atoms with van der Waals surface area (Å²) in [5.41, 5.74) is -0.215. The molecule has 0 heterocycles. The van der Waals surface area contributed by atoms with Crippen molar-refractivity contribution in [2.45, 2.75) is 5.92 Å². The molecule has 0 bridgehead atoms. The van der Waals surface area contributed by atoms with Crippen LogP contribution < -0.4 is 0 Å². The average Bonchev–Trinajstić information content (AvgIpc) is 2.47. The maximum absolute atomic E-state index is 13.9. The third-order valence-electron chi connectivity index (χ3n) is 2.89. The van der Waals surface area contributed by atoms with Gasteiger partial charge < -0.3 is 0 Å². The van der Waals surface area contributed by atoms with Crippen LogP contribution in [-0.4, -0.2) is 5.78 Å². The van der Waals surface area contributed by atoms with Crippen LogP contribution in [0.25, 0.3) is 0 Å². The Labute approximate surface area is 129 Å². The van der Waals surface area contributed by atoms with Crippen molar-refractivity contribution in [2.75, 3.05) is 0 Å². The van der Waals surface area contributed by atoms with Crippen molar-refractivity contribution in [3.05, 3.63) is 69.2 Å². The molecule has 0 aliphatic heterocycles. The summed E-state index contributed by atoms with van der Waals surface area (Å²) >= 11 is 11.2. The smallest absolute Gasteiger partial charge is 0.184 e. The number of hydrogen-bond acceptors (Lipinski definition) is 2. The predicted octanol–water partition coefficient (Wildman–Crippen LogP) is 4.76. The number of hydrogen-bond donors (Lipinski definition) is 0. The Kier molecular flexibility index (Phi) is 4.56. The van der Waals surface area contributed by atoms with Gasteiger partial charge in [-0.15, -0.1) is 0 Å². The average molecular weight is 326 g/mol. The number of carbonyl (C=O) groups excluding carboxylic acids is 1. The Morgan fingerprint density at radius 2 is 1.86 bits per heavy atom. The second-order valence-electron chi connectivity index (χ2n) is 4.20. The molecule has 6 heteroatoms. The molecule has 0 aliphatic rings. The minimum Gasteiger partial charge on any atom is -0.292 e. The van der Waals surface area contributed by atoms with Crippen LogP contribution in [0.4, 0.5) is 8.78 Å². The maximum atomic E-state index is 13.9. The summed E-state index contributed by atoms with van der Waals surface area (Å²) in [7, 11) is 0. The van der Waals surface area contributed by atoms with Crippen molar-refractivity contribution in [2.24, 2.45) is 0 Å². The molecule has 0 radical (unpaired) electrons. The maximum Gasteiger partial charge on any atom is 0.184 e. The molecule has 1 atom stereocenters. The second kappa shape index (κ2) is 6.21. The van der Waals surface area contributed by atoms with Gasteiger partial charge in [-0.3, -0.25) is 4.79 Å². The van der Waals surface area contributed by atoms with E-state index in [2.05, 4.69) is 0 Å². The van der Waals surface area contributed by atoms with E-state index in [1.165, 1.54) is 30.3 Å². The lowest BCUT2D eigenvalue weighted by Crippen LogP contribution is -2.13. The first kappa shape index (κ1) is 15.4. The van der Waals surface area contributed by atoms with Gasteiger partial charge in [0.1, 0.15) is 17.6 Å². The molecule has 1 unspecified atom stereocenters. The van der Waals surface area contributed by atoms with Gasteiger partial charge >= 0.3 is 0 Å². The zero-order valence-electron chi connectivity index (χ0n) is 10.4. The standard InChI is InChI=1S/C15H7Cl2F2NO/c16-11-5-4-8(6-13(11)18)15(21)10(7-20)9-2-1-3-12(17)14(9)19/h1-6,10H. The molecule has 0 aromatic heterocycles. The van der Waals surface area contributed by atoms with Crippen LogP contribution in [0.1, 0.15) is 21.8 Å². The number of carbonyl (C=O) groups is 1. The highest BCUT2D eigenvalue weighted by Crippen LogP contribution is 2.28. The van der Waals surface area contributed by atoms with Gasteiger partial charge in [0.2, 0.25) is 0 Å². The fourth-order valence-electron chi connectivity index (χ4n) is 1.83. The molecule has 0 saturated heterocycles. The van der Waals surface area contributed by atoms with Crippen molar-refractivity contribution >= 4 is 29.0 Å². The van der Waals surface area contributed by atoms with Crippen molar-refractivity contribution in [1.29, 1.82) is 5.26 Å². The molecule has 2 aromatic rings. The number of ketones is 1. The molecule has 106 valence electrons. The van der Waals surface area contributed by atoms with Gasteiger partial charge in [0.15, 0.2) is 5.78 Å². The summed E-state index contributed by atoms with van der Waals surface area (Å²) in [6.07, 6.45) is 0. The SMILES string of the molecule is N#CC(C(=O)c1ccc(Cl)c(F)c1)c1cccc(Cl)c1F. The van der Waals surface area contributed by atoms with Crippen LogP contribution in [0.2, 0.25) is 10.0 Å². The highest BCUT2D eigenvalue weighted by molar-refractivity contribution is 6.31. The third kappa shape index (κ3) is 3.05. The van der Waals surface area contributed by atoms with E-state index in [9.17, 15) is 13.6 Å². The zero-order chi connectivity index (χ0) is 15.6. The van der Waals surface area contributed by atoms with E-state index in [0.717, 1.165) is 6.07 Å². The van der Waals surface area contributed by atoms with Gasteiger partial charge in [-0.05, 0) is 24.3 Å². The van der Waals surface area contributed by atoms with Gasteiger partial charge in [0, 0.05) is 11.1 Å². The lowest BCUT2D eigenvalue weighted by atomic mass is 9.91. The van der Waals surface area contributed by atoms with Crippen LogP contribution in [0, 0.1) is 23.0 Å². The highest BCUT2D eigenvalue weighted by atomic mass is 35.5. The first-order chi connectivity index (χ1) is 9.95. The van der Waals surface area contributed by atoms with Gasteiger partial charge in [0.25, 0.3) is 0 Å². The normalized spacial score (nSPS) is 11.8. The van der Waals surface area contributed by atoms with Crippen molar-refractivity contribution in [3.8, 4) is 6.07 Å². The topological polar surface area (TPSA) is 40.9 Å². The first-order valence-electron chi connectivity index (χ1n) is 5.78. The summed E-state index contributed by atoms with van der Waals surface area (Å²) in [6, 6.07) is 9.14. The predicted molar refractivity (Wildman–Crippen MR) is 75.5 cm³/mol. The lowest BCUT2D eigenvalue weighted by Gasteiger charge is -2.11. The van der Waals surface area contributed by atoms with Crippen LogP contribution in [-0.2, 0) is 0 Å². The minimum absolute atomic E-state index is 0.0668. The molecule has 0 amide bonds. The van der Waals surface area contributed by atoms with E-state index in [0.29, 0.717) is 0 Å². The monoisotopic (exact) mass is 325 g/mol. The summed E-state index contributed by atoms with van der Waals surface area (Å²) in [5.74, 6) is -3.77. The van der Waals surface area contributed by atoms with Crippen LogP contribution in [0.15, 0.2) is 36.4 Å². The molecule has 0 N–H and O–H groups in total. The first-order valence-corrected chi connectivity index (χ1v) is 6.54. The Bertz CT molecular complexity index is 756. The third-order valence-corrected chi connectivity index (χ3v) is 3.49. The molecule has 21 heavy (non-hydrogen) atoms. The summed E-state index contributed by atoms with van der Waals surface area (Å²) < 4.78 is 27.3. The fourth-order valence-corrected chi connectivity index (χ4v) is 2.13. The number of nitrogens with zero attached hydrogens (tertiary/aromatic N) is 1. The lowest BCUT2D eigenvalue weighted by molar-refractivity contribution is 0.0977. The Morgan fingerprint density at radius 1 is 1.14 bits per heavy atom. The molecule has 0 saturated carbocycles. The number of benzene rings is 2. The van der Waals surface area contributed by atoms with E-state index in [1.54, 1.807) is 6.07 Å². The molecule has 0 fully saturated rings. The highest BCUT2D eigenvalue weighted by Gasteiger charge is 2.26. The summed E-state index contributed by atoms with van der Waals surface area (Å²) in [6.45, 7) is 0. The number of nitriles is 1. The van der Waals surface area contributed by atoms with Gasteiger partial charge in [0.05, 0.1) is 16.1 Å². The Hall–Kier alpha value is -1.96. The second-order valence-corrected chi connectivity index (χ2v) is 5.01. The van der Waals surface area contributed by atoms with E-state index in [4.69, 9.17) is 28.5 Å². The number of Topliss-reactive ketones (excluding diaryl/α,β-unsaturated/α-hetero) is 1. The van der Waals surface area contributed by atoms with Gasteiger partial charge in [-0.25, -0.2) is 8.78 Å². The van der Waals surface area contributed by atoms with Crippen molar-refractivity contribution in [3.63, 3.8) is 0 Å².